The van der Waals surface area contributed by atoms with E-state index in [1.54, 1.807) is 13.3 Å². The lowest BCUT2D eigenvalue weighted by Gasteiger charge is -2.05. The monoisotopic (exact) mass is 185 g/mol. The molecule has 0 aliphatic heterocycles. The minimum Gasteiger partial charge on any atom is -0.495 e. The molecule has 0 aliphatic carbocycles. The Bertz CT molecular complexity index is 263. The maximum absolute atomic E-state index is 5.74. The summed E-state index contributed by atoms with van der Waals surface area (Å²) in [6.07, 6.45) is 2.63. The Balaban J connectivity index is 3.02. The summed E-state index contributed by atoms with van der Waals surface area (Å²) < 4.78 is 5.04. The van der Waals surface area contributed by atoms with Crippen LogP contribution in [0.25, 0.3) is 0 Å². The molecule has 0 spiro atoms. The average Bonchev–Trinajstić information content (AvgIpc) is 2.16. The second kappa shape index (κ2) is 4.31. The van der Waals surface area contributed by atoms with Gasteiger partial charge in [0.15, 0.2) is 0 Å². The van der Waals surface area contributed by atoms with Gasteiger partial charge in [0.25, 0.3) is 0 Å². The van der Waals surface area contributed by atoms with E-state index in [2.05, 4.69) is 11.9 Å². The zero-order valence-electron chi connectivity index (χ0n) is 7.30. The van der Waals surface area contributed by atoms with E-state index in [1.807, 2.05) is 6.07 Å². The fourth-order valence-corrected chi connectivity index (χ4v) is 1.29. The number of ether oxygens (including phenoxy) is 1. The lowest BCUT2D eigenvalue weighted by atomic mass is 10.2. The molecular weight excluding hydrogens is 174 g/mol. The van der Waals surface area contributed by atoms with Gasteiger partial charge in [0.05, 0.1) is 13.3 Å². The average molecular weight is 186 g/mol. The number of hydrogen-bond donors (Lipinski definition) is 0. The molecule has 0 radical (unpaired) electrons. The third-order valence-electron chi connectivity index (χ3n) is 1.75. The van der Waals surface area contributed by atoms with Gasteiger partial charge in [-0.05, 0) is 18.1 Å². The predicted molar refractivity (Wildman–Crippen MR) is 49.7 cm³/mol. The van der Waals surface area contributed by atoms with Crippen molar-refractivity contribution in [3.05, 3.63) is 23.5 Å². The summed E-state index contributed by atoms with van der Waals surface area (Å²) >= 11 is 5.74. The van der Waals surface area contributed by atoms with Crippen molar-refractivity contribution in [3.63, 3.8) is 0 Å². The third-order valence-corrected chi connectivity index (χ3v) is 2.04. The van der Waals surface area contributed by atoms with Gasteiger partial charge in [-0.15, -0.1) is 11.6 Å². The van der Waals surface area contributed by atoms with Crippen LogP contribution >= 0.6 is 11.6 Å². The van der Waals surface area contributed by atoms with Crippen LogP contribution in [-0.2, 0) is 12.3 Å². The van der Waals surface area contributed by atoms with Crippen LogP contribution in [0.4, 0.5) is 0 Å². The second-order valence-electron chi connectivity index (χ2n) is 2.47. The van der Waals surface area contributed by atoms with Crippen molar-refractivity contribution in [1.82, 2.24) is 4.98 Å². The first-order valence-corrected chi connectivity index (χ1v) is 4.43. The van der Waals surface area contributed by atoms with Gasteiger partial charge >= 0.3 is 0 Å². The van der Waals surface area contributed by atoms with Crippen molar-refractivity contribution in [3.8, 4) is 5.75 Å². The molecule has 0 N–H and O–H groups in total. The van der Waals surface area contributed by atoms with Crippen molar-refractivity contribution < 1.29 is 4.74 Å². The molecule has 0 fully saturated rings. The summed E-state index contributed by atoms with van der Waals surface area (Å²) in [5.74, 6) is 1.26. The molecule has 0 unspecified atom stereocenters. The minimum atomic E-state index is 0.493. The molecule has 2 nitrogen and oxygen atoms in total. The summed E-state index contributed by atoms with van der Waals surface area (Å²) in [5, 5.41) is 0. The molecule has 1 heterocycles. The Morgan fingerprint density at radius 1 is 1.58 bits per heavy atom. The number of aromatic nitrogens is 1. The van der Waals surface area contributed by atoms with Gasteiger partial charge in [0.2, 0.25) is 0 Å². The SMILES string of the molecule is CCc1ncc(OC)cc1CCl. The standard InChI is InChI=1S/C9H12ClNO/c1-3-9-7(5-10)4-8(12-2)6-11-9/h4,6H,3,5H2,1-2H3. The summed E-state index contributed by atoms with van der Waals surface area (Å²) in [4.78, 5) is 4.23. The molecule has 0 aliphatic rings. The molecule has 0 bridgehead atoms. The molecule has 0 aromatic carbocycles. The van der Waals surface area contributed by atoms with E-state index < -0.39 is 0 Å². The van der Waals surface area contributed by atoms with Crippen LogP contribution in [0.15, 0.2) is 12.3 Å². The largest absolute Gasteiger partial charge is 0.495 e. The van der Waals surface area contributed by atoms with Gasteiger partial charge in [-0.2, -0.15) is 0 Å². The molecule has 0 saturated carbocycles. The van der Waals surface area contributed by atoms with Crippen LogP contribution in [0.2, 0.25) is 0 Å². The molecule has 1 rings (SSSR count). The minimum absolute atomic E-state index is 0.493. The molecule has 3 heteroatoms. The third kappa shape index (κ3) is 1.89. The van der Waals surface area contributed by atoms with Gasteiger partial charge in [0.1, 0.15) is 5.75 Å². The fraction of sp³-hybridized carbons (Fsp3) is 0.444. The maximum atomic E-state index is 5.74. The van der Waals surface area contributed by atoms with Crippen molar-refractivity contribution in [1.29, 1.82) is 0 Å². The number of methoxy groups -OCH3 is 1. The van der Waals surface area contributed by atoms with Crippen LogP contribution in [0.3, 0.4) is 0 Å². The van der Waals surface area contributed by atoms with Gasteiger partial charge < -0.3 is 4.74 Å². The Morgan fingerprint density at radius 3 is 2.83 bits per heavy atom. The summed E-state index contributed by atoms with van der Waals surface area (Å²) in [6, 6.07) is 1.93. The van der Waals surface area contributed by atoms with Crippen molar-refractivity contribution >= 4 is 11.6 Å². The van der Waals surface area contributed by atoms with E-state index in [9.17, 15) is 0 Å². The van der Waals surface area contributed by atoms with E-state index in [0.29, 0.717) is 5.88 Å². The fourth-order valence-electron chi connectivity index (χ4n) is 1.06. The van der Waals surface area contributed by atoms with Crippen molar-refractivity contribution in [2.45, 2.75) is 19.2 Å². The van der Waals surface area contributed by atoms with Gasteiger partial charge in [-0.3, -0.25) is 4.98 Å². The topological polar surface area (TPSA) is 22.1 Å². The summed E-state index contributed by atoms with van der Waals surface area (Å²) in [5.41, 5.74) is 2.10. The van der Waals surface area contributed by atoms with E-state index in [-0.39, 0.29) is 0 Å². The zero-order chi connectivity index (χ0) is 8.97. The van der Waals surface area contributed by atoms with Crippen LogP contribution in [0.5, 0.6) is 5.75 Å². The van der Waals surface area contributed by atoms with Crippen LogP contribution in [0, 0.1) is 0 Å². The predicted octanol–water partition coefficient (Wildman–Crippen LogP) is 2.39. The number of aryl methyl sites for hydroxylation is 1. The number of nitrogens with zero attached hydrogens (tertiary/aromatic N) is 1. The molecule has 1 aromatic heterocycles. The Morgan fingerprint density at radius 2 is 2.33 bits per heavy atom. The van der Waals surface area contributed by atoms with E-state index in [1.165, 1.54) is 0 Å². The molecule has 66 valence electrons. The normalized spacial score (nSPS) is 9.92. The van der Waals surface area contributed by atoms with E-state index in [0.717, 1.165) is 23.4 Å². The Hall–Kier alpha value is -0.760. The number of rotatable bonds is 3. The molecule has 1 aromatic rings. The molecule has 0 saturated heterocycles. The molecular formula is C9H12ClNO. The number of alkyl halides is 1. The van der Waals surface area contributed by atoms with Gasteiger partial charge in [-0.25, -0.2) is 0 Å². The Kier molecular flexibility index (Phi) is 3.35. The van der Waals surface area contributed by atoms with E-state index >= 15 is 0 Å². The Labute approximate surface area is 77.5 Å². The summed E-state index contributed by atoms with van der Waals surface area (Å²) in [6.45, 7) is 2.06. The summed E-state index contributed by atoms with van der Waals surface area (Å²) in [7, 11) is 1.63. The number of halogens is 1. The molecule has 0 atom stereocenters. The van der Waals surface area contributed by atoms with Crippen LogP contribution < -0.4 is 4.74 Å². The first kappa shape index (κ1) is 9.33. The second-order valence-corrected chi connectivity index (χ2v) is 2.74. The van der Waals surface area contributed by atoms with Gasteiger partial charge in [0, 0.05) is 11.6 Å². The highest BCUT2D eigenvalue weighted by molar-refractivity contribution is 6.17. The number of hydrogen-bond acceptors (Lipinski definition) is 2. The molecule has 0 amide bonds. The first-order chi connectivity index (χ1) is 5.81. The highest BCUT2D eigenvalue weighted by Crippen LogP contribution is 2.16. The van der Waals surface area contributed by atoms with Crippen LogP contribution in [-0.4, -0.2) is 12.1 Å². The zero-order valence-corrected chi connectivity index (χ0v) is 8.06. The first-order valence-electron chi connectivity index (χ1n) is 3.89. The van der Waals surface area contributed by atoms with Crippen molar-refractivity contribution in [2.24, 2.45) is 0 Å². The molecule has 12 heavy (non-hydrogen) atoms. The van der Waals surface area contributed by atoms with Crippen LogP contribution in [0.1, 0.15) is 18.2 Å². The van der Waals surface area contributed by atoms with E-state index in [4.69, 9.17) is 16.3 Å². The number of pyridine rings is 1. The lowest BCUT2D eigenvalue weighted by molar-refractivity contribution is 0.412. The maximum Gasteiger partial charge on any atom is 0.137 e. The highest BCUT2D eigenvalue weighted by Gasteiger charge is 2.02. The van der Waals surface area contributed by atoms with Crippen molar-refractivity contribution in [2.75, 3.05) is 7.11 Å². The van der Waals surface area contributed by atoms with Gasteiger partial charge in [-0.1, -0.05) is 6.92 Å². The highest BCUT2D eigenvalue weighted by atomic mass is 35.5. The quantitative estimate of drug-likeness (QED) is 0.675. The smallest absolute Gasteiger partial charge is 0.137 e. The lowest BCUT2D eigenvalue weighted by Crippen LogP contribution is -1.95.